The van der Waals surface area contributed by atoms with E-state index in [-0.39, 0.29) is 31.7 Å². The number of benzene rings is 2. The Labute approximate surface area is 152 Å². The average molecular weight is 360 g/mol. The number of rotatable bonds is 5. The Balaban J connectivity index is 1.86. The van der Waals surface area contributed by atoms with E-state index >= 15 is 0 Å². The first-order valence-electron chi connectivity index (χ1n) is 8.95. The van der Waals surface area contributed by atoms with E-state index < -0.39 is 5.92 Å². The zero-order valence-electron chi connectivity index (χ0n) is 15.1. The second-order valence-electron chi connectivity index (χ2n) is 6.86. The van der Waals surface area contributed by atoms with Gasteiger partial charge in [-0.3, -0.25) is 0 Å². The molecule has 0 fully saturated rings. The van der Waals surface area contributed by atoms with Crippen LogP contribution in [0, 0.1) is 12.7 Å². The zero-order chi connectivity index (χ0) is 18.7. The fourth-order valence-corrected chi connectivity index (χ4v) is 3.39. The molecule has 0 N–H and O–H groups in total. The summed E-state index contributed by atoms with van der Waals surface area (Å²) in [6, 6.07) is 12.0. The van der Waals surface area contributed by atoms with Gasteiger partial charge in [0.15, 0.2) is 0 Å². The molecule has 2 aromatic carbocycles. The minimum Gasteiger partial charge on any atom is -0.489 e. The topological polar surface area (TPSA) is 9.23 Å². The van der Waals surface area contributed by atoms with Gasteiger partial charge in [-0.2, -0.15) is 0 Å². The van der Waals surface area contributed by atoms with Gasteiger partial charge in [0.25, 0.3) is 5.92 Å². The van der Waals surface area contributed by atoms with E-state index in [1.165, 1.54) is 17.7 Å². The van der Waals surface area contributed by atoms with E-state index in [1.807, 2.05) is 19.1 Å². The predicted octanol–water partition coefficient (Wildman–Crippen LogP) is 6.35. The van der Waals surface area contributed by atoms with Crippen LogP contribution in [-0.4, -0.2) is 12.5 Å². The van der Waals surface area contributed by atoms with Crippen molar-refractivity contribution in [3.05, 3.63) is 70.5 Å². The minimum atomic E-state index is -2.72. The van der Waals surface area contributed by atoms with Crippen LogP contribution in [0.15, 0.2) is 48.0 Å². The van der Waals surface area contributed by atoms with Gasteiger partial charge in [0.2, 0.25) is 0 Å². The first-order chi connectivity index (χ1) is 12.4. The Hall–Kier alpha value is -2.23. The number of alkyl halides is 2. The van der Waals surface area contributed by atoms with Crippen molar-refractivity contribution in [3.63, 3.8) is 0 Å². The highest BCUT2D eigenvalue weighted by Crippen LogP contribution is 2.41. The number of allylic oxidation sites excluding steroid dienone is 1. The van der Waals surface area contributed by atoms with Crippen LogP contribution in [0.1, 0.15) is 42.9 Å². The number of halogens is 3. The van der Waals surface area contributed by atoms with Crippen LogP contribution in [0.2, 0.25) is 0 Å². The molecule has 0 amide bonds. The lowest BCUT2D eigenvalue weighted by molar-refractivity contribution is -0.0112. The molecule has 0 saturated carbocycles. The second-order valence-corrected chi connectivity index (χ2v) is 6.86. The molecule has 0 radical (unpaired) electrons. The van der Waals surface area contributed by atoms with Crippen molar-refractivity contribution in [2.75, 3.05) is 6.61 Å². The quantitative estimate of drug-likeness (QED) is 0.604. The molecule has 1 nitrogen and oxygen atoms in total. The lowest BCUT2D eigenvalue weighted by Crippen LogP contribution is -2.24. The Bertz CT molecular complexity index is 807. The normalized spacial score (nSPS) is 16.7. The van der Waals surface area contributed by atoms with E-state index in [9.17, 15) is 13.2 Å². The van der Waals surface area contributed by atoms with E-state index in [4.69, 9.17) is 4.74 Å². The summed E-state index contributed by atoms with van der Waals surface area (Å²) < 4.78 is 47.0. The molecular formula is C22H23F3O. The molecule has 0 unspecified atom stereocenters. The number of ether oxygens (including phenoxy) is 1. The van der Waals surface area contributed by atoms with Crippen molar-refractivity contribution >= 4 is 5.57 Å². The summed E-state index contributed by atoms with van der Waals surface area (Å²) in [5.74, 6) is -2.34. The van der Waals surface area contributed by atoms with Gasteiger partial charge in [-0.25, -0.2) is 13.2 Å². The van der Waals surface area contributed by atoms with Crippen molar-refractivity contribution in [3.8, 4) is 5.75 Å². The van der Waals surface area contributed by atoms with E-state index in [1.54, 1.807) is 12.1 Å². The van der Waals surface area contributed by atoms with Gasteiger partial charge in [-0.05, 0) is 65.8 Å². The molecule has 0 atom stereocenters. The minimum absolute atomic E-state index is 0.120. The van der Waals surface area contributed by atoms with Gasteiger partial charge in [0.05, 0.1) is 0 Å². The molecule has 3 rings (SSSR count). The fraction of sp³-hybridized carbons (Fsp3) is 0.364. The molecule has 26 heavy (non-hydrogen) atoms. The Morgan fingerprint density at radius 3 is 2.46 bits per heavy atom. The monoisotopic (exact) mass is 360 g/mol. The summed E-state index contributed by atoms with van der Waals surface area (Å²) in [6.07, 6.45) is 0.706. The van der Waals surface area contributed by atoms with Crippen molar-refractivity contribution in [1.82, 2.24) is 0 Å². The molecule has 0 bridgehead atoms. The maximum Gasteiger partial charge on any atom is 0.252 e. The van der Waals surface area contributed by atoms with Gasteiger partial charge in [0.1, 0.15) is 18.2 Å². The molecule has 1 aliphatic rings. The zero-order valence-corrected chi connectivity index (χ0v) is 15.1. The molecule has 0 spiro atoms. The first-order valence-corrected chi connectivity index (χ1v) is 8.95. The third-order valence-electron chi connectivity index (χ3n) is 4.88. The Morgan fingerprint density at radius 2 is 1.81 bits per heavy atom. The summed E-state index contributed by atoms with van der Waals surface area (Å²) in [5.41, 5.74) is 4.44. The molecule has 0 saturated heterocycles. The maximum atomic E-state index is 14.0. The SMILES string of the molecule is CCc1ccc(OCC2=C(c3ccc(F)cc3)CCC(F)(F)C2)c(C)c1. The smallest absolute Gasteiger partial charge is 0.252 e. The van der Waals surface area contributed by atoms with Crippen LogP contribution in [0.3, 0.4) is 0 Å². The molecule has 0 aromatic heterocycles. The van der Waals surface area contributed by atoms with Crippen LogP contribution in [0.25, 0.3) is 5.57 Å². The average Bonchev–Trinajstić information content (AvgIpc) is 2.61. The van der Waals surface area contributed by atoms with Crippen LogP contribution in [0.5, 0.6) is 5.75 Å². The molecule has 1 aliphatic carbocycles. The molecular weight excluding hydrogens is 337 g/mol. The summed E-state index contributed by atoms with van der Waals surface area (Å²) in [6.45, 7) is 4.16. The third-order valence-corrected chi connectivity index (χ3v) is 4.88. The molecule has 138 valence electrons. The van der Waals surface area contributed by atoms with Crippen LogP contribution in [-0.2, 0) is 6.42 Å². The van der Waals surface area contributed by atoms with Gasteiger partial charge in [-0.15, -0.1) is 0 Å². The van der Waals surface area contributed by atoms with Gasteiger partial charge >= 0.3 is 0 Å². The molecule has 0 heterocycles. The Morgan fingerprint density at radius 1 is 1.08 bits per heavy atom. The summed E-state index contributed by atoms with van der Waals surface area (Å²) in [7, 11) is 0. The van der Waals surface area contributed by atoms with Crippen LogP contribution >= 0.6 is 0 Å². The van der Waals surface area contributed by atoms with Gasteiger partial charge in [0, 0.05) is 12.8 Å². The highest BCUT2D eigenvalue weighted by atomic mass is 19.3. The second kappa shape index (κ2) is 7.56. The standard InChI is InChI=1S/C22H23F3O/c1-3-16-4-9-21(15(2)12-16)26-14-18-13-22(24,25)11-10-20(18)17-5-7-19(23)8-6-17/h4-9,12H,3,10-11,13-14H2,1-2H3. The molecule has 4 heteroatoms. The lowest BCUT2D eigenvalue weighted by Gasteiger charge is -2.27. The predicted molar refractivity (Wildman–Crippen MR) is 98.2 cm³/mol. The van der Waals surface area contributed by atoms with Crippen molar-refractivity contribution < 1.29 is 17.9 Å². The van der Waals surface area contributed by atoms with E-state index in [2.05, 4.69) is 13.0 Å². The van der Waals surface area contributed by atoms with Gasteiger partial charge in [-0.1, -0.05) is 31.2 Å². The van der Waals surface area contributed by atoms with Crippen LogP contribution < -0.4 is 4.74 Å². The van der Waals surface area contributed by atoms with Crippen molar-refractivity contribution in [1.29, 1.82) is 0 Å². The highest BCUT2D eigenvalue weighted by Gasteiger charge is 2.35. The van der Waals surface area contributed by atoms with Crippen molar-refractivity contribution in [2.24, 2.45) is 0 Å². The van der Waals surface area contributed by atoms with Crippen molar-refractivity contribution in [2.45, 2.75) is 45.5 Å². The summed E-state index contributed by atoms with van der Waals surface area (Å²) in [4.78, 5) is 0. The van der Waals surface area contributed by atoms with Gasteiger partial charge < -0.3 is 4.74 Å². The number of hydrogen-bond acceptors (Lipinski definition) is 1. The number of hydrogen-bond donors (Lipinski definition) is 0. The van der Waals surface area contributed by atoms with Crippen LogP contribution in [0.4, 0.5) is 13.2 Å². The molecule has 2 aromatic rings. The van der Waals surface area contributed by atoms with E-state index in [0.29, 0.717) is 11.3 Å². The lowest BCUT2D eigenvalue weighted by atomic mass is 9.85. The number of aryl methyl sites for hydroxylation is 2. The van der Waals surface area contributed by atoms with E-state index in [0.717, 1.165) is 23.1 Å². The summed E-state index contributed by atoms with van der Waals surface area (Å²) >= 11 is 0. The first kappa shape index (κ1) is 18.6. The third kappa shape index (κ3) is 4.29. The summed E-state index contributed by atoms with van der Waals surface area (Å²) in [5, 5.41) is 0. The Kier molecular flexibility index (Phi) is 5.40. The largest absolute Gasteiger partial charge is 0.489 e. The highest BCUT2D eigenvalue weighted by molar-refractivity contribution is 5.70. The molecule has 0 aliphatic heterocycles. The fourth-order valence-electron chi connectivity index (χ4n) is 3.39. The maximum absolute atomic E-state index is 14.0.